The summed E-state index contributed by atoms with van der Waals surface area (Å²) >= 11 is 5.86. The number of nitrogens with one attached hydrogen (secondary N) is 1. The third-order valence-corrected chi connectivity index (χ3v) is 5.36. The van der Waals surface area contributed by atoms with E-state index in [0.29, 0.717) is 10.7 Å². The zero-order chi connectivity index (χ0) is 18.0. The number of sulfone groups is 1. The fourth-order valence-corrected chi connectivity index (χ4v) is 3.54. The van der Waals surface area contributed by atoms with E-state index in [1.165, 1.54) is 24.3 Å². The summed E-state index contributed by atoms with van der Waals surface area (Å²) in [5.41, 5.74) is 1.43. The van der Waals surface area contributed by atoms with Crippen molar-refractivity contribution in [3.63, 3.8) is 0 Å². The van der Waals surface area contributed by atoms with E-state index in [9.17, 15) is 13.2 Å². The smallest absolute Gasteiger partial charge is 0.291 e. The number of halogens is 1. The lowest BCUT2D eigenvalue weighted by Crippen LogP contribution is -2.10. The first-order chi connectivity index (χ1) is 11.9. The fourth-order valence-electron chi connectivity index (χ4n) is 2.18. The molecule has 0 aliphatic heterocycles. The lowest BCUT2D eigenvalue weighted by atomic mass is 10.2. The van der Waals surface area contributed by atoms with Crippen LogP contribution in [-0.4, -0.2) is 14.3 Å². The monoisotopic (exact) mass is 375 g/mol. The van der Waals surface area contributed by atoms with E-state index in [0.717, 1.165) is 5.56 Å². The van der Waals surface area contributed by atoms with Gasteiger partial charge < -0.3 is 9.73 Å². The van der Waals surface area contributed by atoms with E-state index >= 15 is 0 Å². The van der Waals surface area contributed by atoms with Crippen LogP contribution >= 0.6 is 11.6 Å². The zero-order valence-corrected chi connectivity index (χ0v) is 14.8. The van der Waals surface area contributed by atoms with Crippen molar-refractivity contribution in [1.82, 2.24) is 0 Å². The van der Waals surface area contributed by atoms with E-state index < -0.39 is 15.7 Å². The van der Waals surface area contributed by atoms with Gasteiger partial charge in [0.1, 0.15) is 0 Å². The third-order valence-electron chi connectivity index (χ3n) is 3.48. The van der Waals surface area contributed by atoms with Gasteiger partial charge in [0.15, 0.2) is 5.76 Å². The molecular weight excluding hydrogens is 362 g/mol. The molecular formula is C18H14ClNO4S. The maximum Gasteiger partial charge on any atom is 0.291 e. The van der Waals surface area contributed by atoms with Crippen LogP contribution in [0.3, 0.4) is 0 Å². The van der Waals surface area contributed by atoms with Crippen LogP contribution in [0.1, 0.15) is 16.1 Å². The summed E-state index contributed by atoms with van der Waals surface area (Å²) in [6.07, 6.45) is 0. The maximum absolute atomic E-state index is 12.5. The Hall–Kier alpha value is -2.57. The lowest BCUT2D eigenvalue weighted by molar-refractivity contribution is 0.0991. The van der Waals surface area contributed by atoms with E-state index in [2.05, 4.69) is 5.32 Å². The topological polar surface area (TPSA) is 76.4 Å². The normalized spacial score (nSPS) is 11.3. The highest BCUT2D eigenvalue weighted by Crippen LogP contribution is 2.24. The molecule has 128 valence electrons. The number of benzene rings is 2. The summed E-state index contributed by atoms with van der Waals surface area (Å²) in [6.45, 7) is 1.86. The Balaban J connectivity index is 1.84. The van der Waals surface area contributed by atoms with Crippen molar-refractivity contribution in [2.45, 2.75) is 16.9 Å². The molecule has 0 atom stereocenters. The highest BCUT2D eigenvalue weighted by Gasteiger charge is 2.23. The Morgan fingerprint density at radius 3 is 2.44 bits per heavy atom. The second-order valence-electron chi connectivity index (χ2n) is 5.40. The number of hydrogen-bond donors (Lipinski definition) is 1. The van der Waals surface area contributed by atoms with Crippen molar-refractivity contribution >= 4 is 33.0 Å². The molecule has 5 nitrogen and oxygen atoms in total. The van der Waals surface area contributed by atoms with Crippen molar-refractivity contribution in [1.29, 1.82) is 0 Å². The molecule has 0 bridgehead atoms. The van der Waals surface area contributed by atoms with Crippen molar-refractivity contribution in [3.05, 3.63) is 77.0 Å². The number of furan rings is 1. The average molecular weight is 376 g/mol. The molecule has 1 aromatic heterocycles. The standard InChI is InChI=1S/C18H14ClNO4S/c1-12-5-7-15(8-6-12)25(22,23)17-10-9-16(24-17)18(21)20-14-4-2-3-13(19)11-14/h2-11H,1H3,(H,20,21). The number of amides is 1. The Kier molecular flexibility index (Phi) is 4.65. The summed E-state index contributed by atoms with van der Waals surface area (Å²) in [5.74, 6) is -0.668. The molecule has 0 saturated carbocycles. The molecule has 0 saturated heterocycles. The summed E-state index contributed by atoms with van der Waals surface area (Å²) in [4.78, 5) is 12.3. The number of anilines is 1. The van der Waals surface area contributed by atoms with Gasteiger partial charge in [-0.1, -0.05) is 35.4 Å². The summed E-state index contributed by atoms with van der Waals surface area (Å²) in [6, 6.07) is 15.6. The quantitative estimate of drug-likeness (QED) is 0.736. The van der Waals surface area contributed by atoms with Crippen LogP contribution in [0.15, 0.2) is 75.1 Å². The van der Waals surface area contributed by atoms with Gasteiger partial charge in [-0.2, -0.15) is 0 Å². The van der Waals surface area contributed by atoms with Gasteiger partial charge in [-0.25, -0.2) is 8.42 Å². The van der Waals surface area contributed by atoms with Crippen molar-refractivity contribution in [3.8, 4) is 0 Å². The zero-order valence-electron chi connectivity index (χ0n) is 13.2. The predicted octanol–water partition coefficient (Wildman–Crippen LogP) is 4.33. The molecule has 2 aromatic carbocycles. The number of hydrogen-bond acceptors (Lipinski definition) is 4. The van der Waals surface area contributed by atoms with E-state index in [1.54, 1.807) is 36.4 Å². The van der Waals surface area contributed by atoms with Gasteiger partial charge in [-0.05, 0) is 49.4 Å². The second-order valence-corrected chi connectivity index (χ2v) is 7.72. The van der Waals surface area contributed by atoms with Gasteiger partial charge in [0.25, 0.3) is 5.91 Å². The molecule has 1 heterocycles. The first kappa shape index (κ1) is 17.3. The third kappa shape index (κ3) is 3.75. The van der Waals surface area contributed by atoms with Crippen LogP contribution in [0.25, 0.3) is 0 Å². The van der Waals surface area contributed by atoms with Crippen LogP contribution in [0.4, 0.5) is 5.69 Å². The van der Waals surface area contributed by atoms with Crippen LogP contribution in [0.5, 0.6) is 0 Å². The van der Waals surface area contributed by atoms with Gasteiger partial charge in [-0.3, -0.25) is 4.79 Å². The van der Waals surface area contributed by atoms with Gasteiger partial charge in [0.05, 0.1) is 4.90 Å². The maximum atomic E-state index is 12.5. The largest absolute Gasteiger partial charge is 0.439 e. The molecule has 7 heteroatoms. The molecule has 0 unspecified atom stereocenters. The minimum Gasteiger partial charge on any atom is -0.439 e. The van der Waals surface area contributed by atoms with Gasteiger partial charge >= 0.3 is 0 Å². The molecule has 3 rings (SSSR count). The van der Waals surface area contributed by atoms with Crippen LogP contribution in [-0.2, 0) is 9.84 Å². The van der Waals surface area contributed by atoms with Crippen molar-refractivity contribution in [2.24, 2.45) is 0 Å². The van der Waals surface area contributed by atoms with Crippen LogP contribution in [0.2, 0.25) is 5.02 Å². The number of aryl methyl sites for hydroxylation is 1. The Morgan fingerprint density at radius 2 is 1.76 bits per heavy atom. The molecule has 0 aliphatic carbocycles. The van der Waals surface area contributed by atoms with E-state index in [1.807, 2.05) is 6.92 Å². The fraction of sp³-hybridized carbons (Fsp3) is 0.0556. The number of carbonyl (C=O) groups excluding carboxylic acids is 1. The highest BCUT2D eigenvalue weighted by atomic mass is 35.5. The minimum absolute atomic E-state index is 0.106. The average Bonchev–Trinajstić information content (AvgIpc) is 3.06. The molecule has 1 N–H and O–H groups in total. The summed E-state index contributed by atoms with van der Waals surface area (Å²) in [7, 11) is -3.82. The highest BCUT2D eigenvalue weighted by molar-refractivity contribution is 7.91. The van der Waals surface area contributed by atoms with Gasteiger partial charge in [0.2, 0.25) is 14.9 Å². The van der Waals surface area contributed by atoms with E-state index in [4.69, 9.17) is 16.0 Å². The molecule has 0 fully saturated rings. The molecule has 1 amide bonds. The molecule has 0 aliphatic rings. The first-order valence-electron chi connectivity index (χ1n) is 7.35. The molecule has 0 spiro atoms. The Bertz CT molecular complexity index is 1020. The number of rotatable bonds is 4. The first-order valence-corrected chi connectivity index (χ1v) is 9.21. The molecule has 25 heavy (non-hydrogen) atoms. The van der Waals surface area contributed by atoms with Crippen molar-refractivity contribution < 1.29 is 17.6 Å². The van der Waals surface area contributed by atoms with Crippen molar-refractivity contribution in [2.75, 3.05) is 5.32 Å². The van der Waals surface area contributed by atoms with Gasteiger partial charge in [-0.15, -0.1) is 0 Å². The minimum atomic E-state index is -3.82. The second kappa shape index (κ2) is 6.74. The Labute approximate surface area is 150 Å². The predicted molar refractivity (Wildman–Crippen MR) is 94.7 cm³/mol. The van der Waals surface area contributed by atoms with Crippen LogP contribution < -0.4 is 5.32 Å². The SMILES string of the molecule is Cc1ccc(S(=O)(=O)c2ccc(C(=O)Nc3cccc(Cl)c3)o2)cc1. The summed E-state index contributed by atoms with van der Waals surface area (Å²) in [5, 5.41) is 2.79. The van der Waals surface area contributed by atoms with Crippen LogP contribution in [0, 0.1) is 6.92 Å². The lowest BCUT2D eigenvalue weighted by Gasteiger charge is -2.04. The van der Waals surface area contributed by atoms with E-state index in [-0.39, 0.29) is 15.7 Å². The number of carbonyl (C=O) groups is 1. The summed E-state index contributed by atoms with van der Waals surface area (Å²) < 4.78 is 30.3. The molecule has 3 aromatic rings. The Morgan fingerprint density at radius 1 is 1.04 bits per heavy atom. The molecule has 0 radical (unpaired) electrons. The van der Waals surface area contributed by atoms with Gasteiger partial charge in [0, 0.05) is 10.7 Å².